The largest absolute Gasteiger partial charge is 0.317 e. The Morgan fingerprint density at radius 3 is 2.72 bits per heavy atom. The molecule has 0 aromatic heterocycles. The average Bonchev–Trinajstić information content (AvgIpc) is 2.58. The normalized spacial score (nSPS) is 24.8. The monoisotopic (exact) mass is 285 g/mol. The lowest BCUT2D eigenvalue weighted by molar-refractivity contribution is 0.400. The van der Waals surface area contributed by atoms with Crippen molar-refractivity contribution in [3.05, 3.63) is 33.8 Å². The van der Waals surface area contributed by atoms with Gasteiger partial charge in [-0.05, 0) is 49.9 Å². The third kappa shape index (κ3) is 3.88. The highest BCUT2D eigenvalue weighted by atomic mass is 35.5. The summed E-state index contributed by atoms with van der Waals surface area (Å²) in [5.41, 5.74) is 1.24. The van der Waals surface area contributed by atoms with Gasteiger partial charge in [0.25, 0.3) is 0 Å². The number of nitrogens with one attached hydrogen (secondary N) is 1. The lowest BCUT2D eigenvalue weighted by Crippen LogP contribution is -2.26. The van der Waals surface area contributed by atoms with Gasteiger partial charge in [-0.15, -0.1) is 0 Å². The summed E-state index contributed by atoms with van der Waals surface area (Å²) in [5.74, 6) is 0.739. The summed E-state index contributed by atoms with van der Waals surface area (Å²) in [5, 5.41) is 4.96. The maximum Gasteiger partial charge on any atom is 0.0452 e. The summed E-state index contributed by atoms with van der Waals surface area (Å²) in [7, 11) is 2.07. The molecular weight excluding hydrogens is 265 g/mol. The first kappa shape index (κ1) is 14.2. The van der Waals surface area contributed by atoms with Gasteiger partial charge in [0, 0.05) is 16.1 Å². The minimum Gasteiger partial charge on any atom is -0.317 e. The van der Waals surface area contributed by atoms with Crippen molar-refractivity contribution < 1.29 is 0 Å². The average molecular weight is 286 g/mol. The Bertz CT molecular complexity index is 392. The molecule has 18 heavy (non-hydrogen) atoms. The summed E-state index contributed by atoms with van der Waals surface area (Å²) in [6.07, 6.45) is 7.65. The van der Waals surface area contributed by atoms with Gasteiger partial charge in [-0.1, -0.05) is 48.5 Å². The van der Waals surface area contributed by atoms with Crippen molar-refractivity contribution in [3.63, 3.8) is 0 Å². The standard InChI is InChI=1S/C15H21Cl2N/c1-18-14-5-3-2-4-11(9-14)8-12-6-7-13(16)10-15(12)17/h6-7,10-11,14,18H,2-5,8-9H2,1H3. The van der Waals surface area contributed by atoms with E-state index in [1.54, 1.807) is 0 Å². The molecule has 1 aliphatic carbocycles. The third-order valence-electron chi connectivity index (χ3n) is 3.96. The molecule has 0 saturated heterocycles. The highest BCUT2D eigenvalue weighted by molar-refractivity contribution is 6.35. The number of rotatable bonds is 3. The Labute approximate surface area is 120 Å². The van der Waals surface area contributed by atoms with Crippen LogP contribution in [-0.2, 0) is 6.42 Å². The second kappa shape index (κ2) is 6.79. The van der Waals surface area contributed by atoms with Gasteiger partial charge in [-0.2, -0.15) is 0 Å². The minimum absolute atomic E-state index is 0.670. The molecule has 1 N–H and O–H groups in total. The molecule has 1 fully saturated rings. The predicted octanol–water partition coefficient (Wildman–Crippen LogP) is 4.70. The summed E-state index contributed by atoms with van der Waals surface area (Å²) >= 11 is 12.2. The van der Waals surface area contributed by atoms with Crippen LogP contribution in [0, 0.1) is 5.92 Å². The first-order valence-corrected chi connectivity index (χ1v) is 7.56. The molecule has 1 saturated carbocycles. The maximum atomic E-state index is 6.26. The van der Waals surface area contributed by atoms with E-state index in [9.17, 15) is 0 Å². The topological polar surface area (TPSA) is 12.0 Å². The summed E-state index contributed by atoms with van der Waals surface area (Å²) in [4.78, 5) is 0. The number of benzene rings is 1. The molecule has 2 atom stereocenters. The Morgan fingerprint density at radius 2 is 2.00 bits per heavy atom. The fourth-order valence-corrected chi connectivity index (χ4v) is 3.39. The molecule has 0 radical (unpaired) electrons. The van der Waals surface area contributed by atoms with Crippen LogP contribution in [0.15, 0.2) is 18.2 Å². The van der Waals surface area contributed by atoms with E-state index in [2.05, 4.69) is 18.4 Å². The van der Waals surface area contributed by atoms with E-state index in [1.807, 2.05) is 12.1 Å². The molecule has 0 bridgehead atoms. The number of halogens is 2. The maximum absolute atomic E-state index is 6.26. The van der Waals surface area contributed by atoms with Crippen LogP contribution in [0.1, 0.15) is 37.7 Å². The Hall–Kier alpha value is -0.240. The lowest BCUT2D eigenvalue weighted by atomic mass is 9.91. The van der Waals surface area contributed by atoms with Crippen molar-refractivity contribution in [2.75, 3.05) is 7.05 Å². The summed E-state index contributed by atoms with van der Waals surface area (Å²) in [6, 6.07) is 6.53. The second-order valence-corrected chi connectivity index (χ2v) is 6.16. The third-order valence-corrected chi connectivity index (χ3v) is 4.55. The van der Waals surface area contributed by atoms with Gasteiger partial charge in [-0.3, -0.25) is 0 Å². The predicted molar refractivity (Wildman–Crippen MR) is 79.6 cm³/mol. The highest BCUT2D eigenvalue weighted by Crippen LogP contribution is 2.29. The molecule has 1 aromatic carbocycles. The molecule has 2 rings (SSSR count). The molecule has 2 unspecified atom stereocenters. The number of hydrogen-bond donors (Lipinski definition) is 1. The van der Waals surface area contributed by atoms with E-state index < -0.39 is 0 Å². The summed E-state index contributed by atoms with van der Waals surface area (Å²) < 4.78 is 0. The number of hydrogen-bond acceptors (Lipinski definition) is 1. The van der Waals surface area contributed by atoms with Crippen molar-refractivity contribution in [2.24, 2.45) is 5.92 Å². The van der Waals surface area contributed by atoms with Crippen molar-refractivity contribution in [3.8, 4) is 0 Å². The molecule has 0 spiro atoms. The molecular formula is C15H21Cl2N. The molecule has 3 heteroatoms. The van der Waals surface area contributed by atoms with Gasteiger partial charge < -0.3 is 5.32 Å². The van der Waals surface area contributed by atoms with Crippen LogP contribution in [0.5, 0.6) is 0 Å². The SMILES string of the molecule is CNC1CCCCC(Cc2ccc(Cl)cc2Cl)C1. The Morgan fingerprint density at radius 1 is 1.22 bits per heavy atom. The second-order valence-electron chi connectivity index (χ2n) is 5.31. The molecule has 0 aliphatic heterocycles. The van der Waals surface area contributed by atoms with E-state index in [0.717, 1.165) is 22.4 Å². The Kier molecular flexibility index (Phi) is 5.35. The van der Waals surface area contributed by atoms with E-state index in [0.29, 0.717) is 6.04 Å². The zero-order valence-corrected chi connectivity index (χ0v) is 12.4. The smallest absolute Gasteiger partial charge is 0.0452 e. The van der Waals surface area contributed by atoms with Crippen molar-refractivity contribution in [2.45, 2.75) is 44.6 Å². The van der Waals surface area contributed by atoms with Gasteiger partial charge in [0.05, 0.1) is 0 Å². The molecule has 100 valence electrons. The van der Waals surface area contributed by atoms with Crippen LogP contribution < -0.4 is 5.32 Å². The summed E-state index contributed by atoms with van der Waals surface area (Å²) in [6.45, 7) is 0. The first-order valence-electron chi connectivity index (χ1n) is 6.80. The minimum atomic E-state index is 0.670. The van der Waals surface area contributed by atoms with Crippen molar-refractivity contribution in [1.82, 2.24) is 5.32 Å². The van der Waals surface area contributed by atoms with E-state index in [-0.39, 0.29) is 0 Å². The lowest BCUT2D eigenvalue weighted by Gasteiger charge is -2.20. The van der Waals surface area contributed by atoms with Crippen LogP contribution in [0.3, 0.4) is 0 Å². The van der Waals surface area contributed by atoms with E-state index in [4.69, 9.17) is 23.2 Å². The van der Waals surface area contributed by atoms with Crippen LogP contribution in [0.25, 0.3) is 0 Å². The van der Waals surface area contributed by atoms with Crippen LogP contribution in [-0.4, -0.2) is 13.1 Å². The quantitative estimate of drug-likeness (QED) is 0.794. The van der Waals surface area contributed by atoms with Gasteiger partial charge in [0.2, 0.25) is 0 Å². The van der Waals surface area contributed by atoms with Gasteiger partial charge in [0.1, 0.15) is 0 Å². The van der Waals surface area contributed by atoms with Gasteiger partial charge in [0.15, 0.2) is 0 Å². The fraction of sp³-hybridized carbons (Fsp3) is 0.600. The Balaban J connectivity index is 2.02. The van der Waals surface area contributed by atoms with E-state index in [1.165, 1.54) is 37.7 Å². The molecule has 1 aromatic rings. The van der Waals surface area contributed by atoms with Gasteiger partial charge in [-0.25, -0.2) is 0 Å². The zero-order chi connectivity index (χ0) is 13.0. The molecule has 0 amide bonds. The molecule has 1 aliphatic rings. The highest BCUT2D eigenvalue weighted by Gasteiger charge is 2.20. The van der Waals surface area contributed by atoms with E-state index >= 15 is 0 Å². The molecule has 1 nitrogen and oxygen atoms in total. The van der Waals surface area contributed by atoms with Crippen molar-refractivity contribution >= 4 is 23.2 Å². The van der Waals surface area contributed by atoms with Crippen LogP contribution in [0.4, 0.5) is 0 Å². The van der Waals surface area contributed by atoms with Gasteiger partial charge >= 0.3 is 0 Å². The fourth-order valence-electron chi connectivity index (χ4n) is 2.91. The van der Waals surface area contributed by atoms with Crippen LogP contribution >= 0.6 is 23.2 Å². The van der Waals surface area contributed by atoms with Crippen molar-refractivity contribution in [1.29, 1.82) is 0 Å². The molecule has 0 heterocycles. The zero-order valence-electron chi connectivity index (χ0n) is 10.9. The first-order chi connectivity index (χ1) is 8.69. The van der Waals surface area contributed by atoms with Crippen LogP contribution in [0.2, 0.25) is 10.0 Å².